The number of carbonyl (C=O) groups is 2. The first-order valence-corrected chi connectivity index (χ1v) is 9.38. The zero-order chi connectivity index (χ0) is 21.8. The largest absolute Gasteiger partial charge is 0.467 e. The van der Waals surface area contributed by atoms with E-state index in [4.69, 9.17) is 9.84 Å². The van der Waals surface area contributed by atoms with Gasteiger partial charge in [0, 0.05) is 5.69 Å². The number of anilines is 1. The third-order valence-corrected chi connectivity index (χ3v) is 3.97. The van der Waals surface area contributed by atoms with E-state index in [1.165, 1.54) is 25.2 Å². The Labute approximate surface area is 176 Å². The first kappa shape index (κ1) is 22.6. The van der Waals surface area contributed by atoms with Gasteiger partial charge in [-0.15, -0.1) is 0 Å². The van der Waals surface area contributed by atoms with Gasteiger partial charge < -0.3 is 14.6 Å². The number of ether oxygens (including phenoxy) is 2. The molecule has 3 aromatic rings. The highest BCUT2D eigenvalue weighted by molar-refractivity contribution is 5.85. The van der Waals surface area contributed by atoms with Crippen LogP contribution in [0.25, 0.3) is 11.1 Å². The quantitative estimate of drug-likeness (QED) is 0.605. The van der Waals surface area contributed by atoms with Crippen LogP contribution in [0.2, 0.25) is 0 Å². The van der Waals surface area contributed by atoms with Crippen molar-refractivity contribution in [3.05, 3.63) is 90.5 Å². The van der Waals surface area contributed by atoms with E-state index in [-0.39, 0.29) is 6.09 Å². The van der Waals surface area contributed by atoms with E-state index in [2.05, 4.69) is 58.6 Å². The molecule has 1 aliphatic heterocycles. The van der Waals surface area contributed by atoms with Crippen molar-refractivity contribution in [2.75, 3.05) is 12.4 Å². The van der Waals surface area contributed by atoms with Gasteiger partial charge in [-0.25, -0.2) is 9.59 Å². The molecule has 0 aliphatic carbocycles. The maximum absolute atomic E-state index is 10.8. The molecule has 2 bridgehead atoms. The molecular formula is C24H25NO5. The van der Waals surface area contributed by atoms with Crippen molar-refractivity contribution >= 4 is 17.7 Å². The molecule has 1 heterocycles. The SMILES string of the molecule is COC(=O)C(C)O.O=C1Nc2cccc(c2)CO1.c1ccc(-c2ccccc2)cc1. The van der Waals surface area contributed by atoms with E-state index in [9.17, 15) is 9.59 Å². The minimum absolute atomic E-state index is 0.361. The lowest BCUT2D eigenvalue weighted by Crippen LogP contribution is -2.16. The molecule has 0 fully saturated rings. The van der Waals surface area contributed by atoms with Crippen molar-refractivity contribution in [3.63, 3.8) is 0 Å². The Bertz CT molecular complexity index is 889. The molecule has 30 heavy (non-hydrogen) atoms. The number of carbonyl (C=O) groups excluding carboxylic acids is 2. The summed E-state index contributed by atoms with van der Waals surface area (Å²) in [5.41, 5.74) is 4.36. The summed E-state index contributed by atoms with van der Waals surface area (Å²) < 4.78 is 8.93. The number of amides is 1. The number of aliphatic hydroxyl groups is 1. The summed E-state index contributed by atoms with van der Waals surface area (Å²) in [6, 6.07) is 28.3. The number of rotatable bonds is 2. The van der Waals surface area contributed by atoms with Crippen molar-refractivity contribution in [2.45, 2.75) is 19.6 Å². The van der Waals surface area contributed by atoms with Crippen LogP contribution >= 0.6 is 0 Å². The van der Waals surface area contributed by atoms with Crippen LogP contribution in [-0.4, -0.2) is 30.4 Å². The van der Waals surface area contributed by atoms with Crippen LogP contribution < -0.4 is 5.32 Å². The smallest absolute Gasteiger partial charge is 0.411 e. The van der Waals surface area contributed by atoms with Crippen molar-refractivity contribution in [1.29, 1.82) is 0 Å². The number of hydrogen-bond donors (Lipinski definition) is 2. The van der Waals surface area contributed by atoms with Crippen LogP contribution in [0.4, 0.5) is 10.5 Å². The number of cyclic esters (lactones) is 1. The Morgan fingerprint density at radius 1 is 0.967 bits per heavy atom. The first-order chi connectivity index (χ1) is 14.5. The van der Waals surface area contributed by atoms with E-state index in [1.54, 1.807) is 0 Å². The van der Waals surface area contributed by atoms with Gasteiger partial charge in [0.1, 0.15) is 12.7 Å². The Balaban J connectivity index is 0.000000167. The molecule has 1 amide bonds. The lowest BCUT2D eigenvalue weighted by Gasteiger charge is -1.98. The van der Waals surface area contributed by atoms with Crippen LogP contribution in [-0.2, 0) is 20.9 Å². The van der Waals surface area contributed by atoms with E-state index >= 15 is 0 Å². The van der Waals surface area contributed by atoms with Crippen LogP contribution in [0, 0.1) is 0 Å². The average Bonchev–Trinajstić information content (AvgIpc) is 2.91. The molecular weight excluding hydrogens is 382 g/mol. The van der Waals surface area contributed by atoms with Crippen LogP contribution in [0.15, 0.2) is 84.9 Å². The molecule has 4 rings (SSSR count). The molecule has 2 N–H and O–H groups in total. The highest BCUT2D eigenvalue weighted by Crippen LogP contribution is 2.17. The Hall–Kier alpha value is -3.64. The second kappa shape index (κ2) is 12.0. The van der Waals surface area contributed by atoms with E-state index < -0.39 is 12.1 Å². The molecule has 0 spiro atoms. The predicted octanol–water partition coefficient (Wildman–Crippen LogP) is 4.64. The molecule has 0 saturated heterocycles. The molecule has 1 unspecified atom stereocenters. The van der Waals surface area contributed by atoms with Crippen LogP contribution in [0.5, 0.6) is 0 Å². The fraction of sp³-hybridized carbons (Fsp3) is 0.167. The van der Waals surface area contributed by atoms with E-state index in [0.717, 1.165) is 11.3 Å². The number of methoxy groups -OCH3 is 1. The lowest BCUT2D eigenvalue weighted by molar-refractivity contribution is -0.149. The Morgan fingerprint density at radius 3 is 2.00 bits per heavy atom. The molecule has 6 nitrogen and oxygen atoms in total. The number of hydrogen-bond acceptors (Lipinski definition) is 5. The number of benzene rings is 3. The zero-order valence-corrected chi connectivity index (χ0v) is 16.9. The summed E-state index contributed by atoms with van der Waals surface area (Å²) in [5, 5.41) is 10.9. The minimum atomic E-state index is -0.995. The van der Waals surface area contributed by atoms with Gasteiger partial charge in [-0.05, 0) is 35.7 Å². The maximum Gasteiger partial charge on any atom is 0.411 e. The highest BCUT2D eigenvalue weighted by Gasteiger charge is 2.08. The van der Waals surface area contributed by atoms with Crippen LogP contribution in [0.1, 0.15) is 12.5 Å². The third kappa shape index (κ3) is 7.77. The average molecular weight is 407 g/mol. The fourth-order valence-corrected chi connectivity index (χ4v) is 2.47. The van der Waals surface area contributed by atoms with Crippen molar-refractivity contribution in [3.8, 4) is 11.1 Å². The van der Waals surface area contributed by atoms with Gasteiger partial charge in [0.05, 0.1) is 7.11 Å². The zero-order valence-electron chi connectivity index (χ0n) is 16.9. The summed E-state index contributed by atoms with van der Waals surface area (Å²) in [5.74, 6) is -0.597. The normalized spacial score (nSPS) is 12.3. The first-order valence-electron chi connectivity index (χ1n) is 9.38. The van der Waals surface area contributed by atoms with Gasteiger partial charge >= 0.3 is 12.1 Å². The van der Waals surface area contributed by atoms with E-state index in [0.29, 0.717) is 6.61 Å². The molecule has 0 saturated carbocycles. The van der Waals surface area contributed by atoms with Crippen LogP contribution in [0.3, 0.4) is 0 Å². The third-order valence-electron chi connectivity index (χ3n) is 3.97. The maximum atomic E-state index is 10.8. The second-order valence-electron chi connectivity index (χ2n) is 6.33. The van der Waals surface area contributed by atoms with E-state index in [1.807, 2.05) is 36.4 Å². The van der Waals surface area contributed by atoms with Crippen molar-refractivity contribution < 1.29 is 24.2 Å². The summed E-state index contributed by atoms with van der Waals surface area (Å²) in [6.07, 6.45) is -1.38. The lowest BCUT2D eigenvalue weighted by atomic mass is 10.1. The van der Waals surface area contributed by atoms with Gasteiger partial charge in [0.2, 0.25) is 0 Å². The van der Waals surface area contributed by atoms with Crippen molar-refractivity contribution in [1.82, 2.24) is 0 Å². The van der Waals surface area contributed by atoms with Gasteiger partial charge in [0.15, 0.2) is 0 Å². The molecule has 0 aromatic heterocycles. The number of nitrogens with one attached hydrogen (secondary N) is 1. The van der Waals surface area contributed by atoms with Gasteiger partial charge in [-0.2, -0.15) is 0 Å². The molecule has 3 aromatic carbocycles. The molecule has 6 heteroatoms. The number of fused-ring (bicyclic) bond motifs is 2. The summed E-state index contributed by atoms with van der Waals surface area (Å²) in [6.45, 7) is 1.71. The topological polar surface area (TPSA) is 84.9 Å². The highest BCUT2D eigenvalue weighted by atomic mass is 16.5. The molecule has 1 atom stereocenters. The summed E-state index contributed by atoms with van der Waals surface area (Å²) in [7, 11) is 1.23. The second-order valence-corrected chi connectivity index (χ2v) is 6.33. The predicted molar refractivity (Wildman–Crippen MR) is 116 cm³/mol. The summed E-state index contributed by atoms with van der Waals surface area (Å²) >= 11 is 0. The van der Waals surface area contributed by atoms with Gasteiger partial charge in [-0.1, -0.05) is 72.8 Å². The molecule has 156 valence electrons. The number of aliphatic hydroxyl groups excluding tert-OH is 1. The standard InChI is InChI=1S/C12H10.C8H7NO2.C4H8O3/c1-3-7-11(8-4-1)12-9-5-2-6-10-12;10-8-9-7-3-1-2-6(4-7)5-11-8;1-3(5)4(6)7-2/h1-10H;1-4H,5H2,(H,9,10);3,5H,1-2H3. The monoisotopic (exact) mass is 407 g/mol. The fourth-order valence-electron chi connectivity index (χ4n) is 2.47. The van der Waals surface area contributed by atoms with Gasteiger partial charge in [-0.3, -0.25) is 5.32 Å². The Morgan fingerprint density at radius 2 is 1.53 bits per heavy atom. The number of esters is 1. The van der Waals surface area contributed by atoms with Crippen molar-refractivity contribution in [2.24, 2.45) is 0 Å². The molecule has 1 aliphatic rings. The minimum Gasteiger partial charge on any atom is -0.467 e. The van der Waals surface area contributed by atoms with Gasteiger partial charge in [0.25, 0.3) is 0 Å². The Kier molecular flexibility index (Phi) is 9.09. The molecule has 0 radical (unpaired) electrons. The summed E-state index contributed by atoms with van der Waals surface area (Å²) in [4.78, 5) is 20.8.